The molecule has 3 heterocycles. The van der Waals surface area contributed by atoms with E-state index in [2.05, 4.69) is 21.0 Å². The Labute approximate surface area is 131 Å². The number of thiophene rings is 1. The molecule has 1 unspecified atom stereocenters. The fourth-order valence-electron chi connectivity index (χ4n) is 3.77. The van der Waals surface area contributed by atoms with E-state index < -0.39 is 12.0 Å². The lowest BCUT2D eigenvalue weighted by Gasteiger charge is -2.32. The molecule has 1 fully saturated rings. The number of nitrogens with zero attached hydrogens (tertiary/aromatic N) is 2. The predicted molar refractivity (Wildman–Crippen MR) is 81.2 cm³/mol. The number of aliphatic hydroxyl groups excluding tert-OH is 1. The van der Waals surface area contributed by atoms with Crippen LogP contribution >= 0.6 is 11.3 Å². The van der Waals surface area contributed by atoms with E-state index in [0.717, 1.165) is 5.69 Å². The van der Waals surface area contributed by atoms with E-state index in [0.29, 0.717) is 19.3 Å². The molecule has 6 heteroatoms. The Morgan fingerprint density at radius 2 is 2.18 bits per heavy atom. The minimum absolute atomic E-state index is 0.0180. The highest BCUT2D eigenvalue weighted by atomic mass is 32.1. The first kappa shape index (κ1) is 14.3. The van der Waals surface area contributed by atoms with E-state index >= 15 is 0 Å². The first-order valence-corrected chi connectivity index (χ1v) is 8.58. The summed E-state index contributed by atoms with van der Waals surface area (Å²) in [5.74, 6) is -2.56. The number of aromatic nitrogens is 2. The second kappa shape index (κ2) is 5.13. The van der Waals surface area contributed by atoms with Crippen molar-refractivity contribution in [3.63, 3.8) is 0 Å². The van der Waals surface area contributed by atoms with E-state index in [1.807, 2.05) is 6.20 Å². The fourth-order valence-corrected chi connectivity index (χ4v) is 4.78. The van der Waals surface area contributed by atoms with Crippen LogP contribution in [-0.4, -0.2) is 26.7 Å². The quantitative estimate of drug-likeness (QED) is 0.923. The molecule has 0 aromatic carbocycles. The third kappa shape index (κ3) is 2.29. The van der Waals surface area contributed by atoms with Crippen molar-refractivity contribution in [2.75, 3.05) is 0 Å². The summed E-state index contributed by atoms with van der Waals surface area (Å²) < 4.78 is 28.6. The molecule has 2 atom stereocenters. The molecule has 2 aliphatic rings. The van der Waals surface area contributed by atoms with Crippen molar-refractivity contribution in [1.29, 1.82) is 0 Å². The topological polar surface area (TPSA) is 38.1 Å². The molecule has 1 aliphatic carbocycles. The average Bonchev–Trinajstić information content (AvgIpc) is 3.15. The summed E-state index contributed by atoms with van der Waals surface area (Å²) in [5.41, 5.74) is 2.28. The largest absolute Gasteiger partial charge is 0.393 e. The molecule has 0 saturated heterocycles. The highest BCUT2D eigenvalue weighted by Gasteiger charge is 2.39. The number of halogens is 2. The van der Waals surface area contributed by atoms with Gasteiger partial charge in [0, 0.05) is 23.3 Å². The summed E-state index contributed by atoms with van der Waals surface area (Å²) in [7, 11) is 0. The van der Waals surface area contributed by atoms with E-state index in [1.165, 1.54) is 10.4 Å². The average molecular weight is 324 g/mol. The van der Waals surface area contributed by atoms with Crippen molar-refractivity contribution in [2.24, 2.45) is 5.92 Å². The normalized spacial score (nSPS) is 25.0. The Hall–Kier alpha value is -1.27. The van der Waals surface area contributed by atoms with Gasteiger partial charge in [-0.05, 0) is 36.6 Å². The minimum atomic E-state index is -2.54. The lowest BCUT2D eigenvalue weighted by molar-refractivity contribution is -0.0638. The maximum Gasteiger partial charge on any atom is 0.248 e. The smallest absolute Gasteiger partial charge is 0.248 e. The summed E-state index contributed by atoms with van der Waals surface area (Å²) >= 11 is 1.69. The van der Waals surface area contributed by atoms with Gasteiger partial charge < -0.3 is 9.67 Å². The van der Waals surface area contributed by atoms with Gasteiger partial charge in [-0.3, -0.25) is 0 Å². The van der Waals surface area contributed by atoms with Crippen LogP contribution < -0.4 is 0 Å². The predicted octanol–water partition coefficient (Wildman–Crippen LogP) is 4.09. The zero-order chi connectivity index (χ0) is 15.3. The van der Waals surface area contributed by atoms with Gasteiger partial charge in [-0.1, -0.05) is 0 Å². The van der Waals surface area contributed by atoms with Gasteiger partial charge >= 0.3 is 0 Å². The van der Waals surface area contributed by atoms with Gasteiger partial charge in [0.2, 0.25) is 5.92 Å². The van der Waals surface area contributed by atoms with Gasteiger partial charge in [0.05, 0.1) is 30.4 Å². The Morgan fingerprint density at radius 3 is 2.95 bits per heavy atom. The van der Waals surface area contributed by atoms with Crippen molar-refractivity contribution < 1.29 is 13.9 Å². The molecular weight excluding hydrogens is 306 g/mol. The molecule has 22 heavy (non-hydrogen) atoms. The van der Waals surface area contributed by atoms with E-state index in [-0.39, 0.29) is 24.8 Å². The van der Waals surface area contributed by atoms with Crippen molar-refractivity contribution in [3.8, 4) is 11.3 Å². The highest BCUT2D eigenvalue weighted by Crippen LogP contribution is 2.46. The third-order valence-corrected chi connectivity index (χ3v) is 6.06. The maximum atomic E-state index is 13.3. The van der Waals surface area contributed by atoms with Gasteiger partial charge in [-0.25, -0.2) is 13.8 Å². The Bertz CT molecular complexity index is 631. The first-order valence-electron chi connectivity index (χ1n) is 7.71. The highest BCUT2D eigenvalue weighted by molar-refractivity contribution is 7.10. The number of fused-ring (bicyclic) bond motifs is 3. The molecule has 4 rings (SSSR count). The molecule has 118 valence electrons. The number of aliphatic hydroxyl groups is 1. The molecule has 2 aromatic heterocycles. The van der Waals surface area contributed by atoms with Gasteiger partial charge in [-0.2, -0.15) is 0 Å². The molecule has 2 aromatic rings. The zero-order valence-electron chi connectivity index (χ0n) is 12.1. The van der Waals surface area contributed by atoms with Crippen LogP contribution in [0.1, 0.15) is 43.0 Å². The van der Waals surface area contributed by atoms with Crippen molar-refractivity contribution >= 4 is 11.3 Å². The molecule has 0 amide bonds. The number of imidazole rings is 1. The van der Waals surface area contributed by atoms with Crippen LogP contribution in [0.2, 0.25) is 0 Å². The lowest BCUT2D eigenvalue weighted by atomic mass is 9.81. The monoisotopic (exact) mass is 324 g/mol. The molecule has 0 spiro atoms. The fraction of sp³-hybridized carbons (Fsp3) is 0.562. The Balaban J connectivity index is 1.50. The number of hydrogen-bond donors (Lipinski definition) is 1. The zero-order valence-corrected chi connectivity index (χ0v) is 12.9. The second-order valence-corrected chi connectivity index (χ2v) is 7.34. The standard InChI is InChI=1S/C16H18F2N2OS/c17-16(18)4-1-10(2-5-16)14(21)7-12-15-11(3-6-22-15)13-8-19-9-20(12)13/h3,6,8-10,12,14,21H,1-2,4-5,7H2/t12?,14-/m0/s1. The molecule has 1 N–H and O–H groups in total. The van der Waals surface area contributed by atoms with Gasteiger partial charge in [0.25, 0.3) is 0 Å². The minimum Gasteiger partial charge on any atom is -0.393 e. The summed E-state index contributed by atoms with van der Waals surface area (Å²) in [6, 6.07) is 2.17. The van der Waals surface area contributed by atoms with Gasteiger partial charge in [0.15, 0.2) is 0 Å². The first-order chi connectivity index (χ1) is 10.6. The number of alkyl halides is 2. The van der Waals surface area contributed by atoms with Crippen LogP contribution in [0, 0.1) is 5.92 Å². The Morgan fingerprint density at radius 1 is 1.41 bits per heavy atom. The Kier molecular flexibility index (Phi) is 3.34. The molecule has 3 nitrogen and oxygen atoms in total. The summed E-state index contributed by atoms with van der Waals surface area (Å²) in [6.07, 6.45) is 4.31. The van der Waals surface area contributed by atoms with Crippen LogP contribution in [0.25, 0.3) is 11.3 Å². The second-order valence-electron chi connectivity index (χ2n) is 6.40. The van der Waals surface area contributed by atoms with Gasteiger partial charge in [0.1, 0.15) is 0 Å². The molecule has 0 radical (unpaired) electrons. The third-order valence-electron chi connectivity index (χ3n) is 5.05. The van der Waals surface area contributed by atoms with E-state index in [1.54, 1.807) is 17.7 Å². The van der Waals surface area contributed by atoms with Crippen LogP contribution in [-0.2, 0) is 0 Å². The number of rotatable bonds is 3. The summed E-state index contributed by atoms with van der Waals surface area (Å²) in [4.78, 5) is 5.45. The van der Waals surface area contributed by atoms with Gasteiger partial charge in [-0.15, -0.1) is 11.3 Å². The van der Waals surface area contributed by atoms with E-state index in [4.69, 9.17) is 0 Å². The van der Waals surface area contributed by atoms with Crippen molar-refractivity contribution in [3.05, 3.63) is 28.8 Å². The van der Waals surface area contributed by atoms with Crippen LogP contribution in [0.5, 0.6) is 0 Å². The molecule has 0 bridgehead atoms. The lowest BCUT2D eigenvalue weighted by Crippen LogP contribution is -2.32. The van der Waals surface area contributed by atoms with E-state index in [9.17, 15) is 13.9 Å². The summed E-state index contributed by atoms with van der Waals surface area (Å²) in [6.45, 7) is 0. The molecule has 1 saturated carbocycles. The molecule has 1 aliphatic heterocycles. The van der Waals surface area contributed by atoms with Crippen LogP contribution in [0.3, 0.4) is 0 Å². The summed E-state index contributed by atoms with van der Waals surface area (Å²) in [5, 5.41) is 12.6. The van der Waals surface area contributed by atoms with Crippen LogP contribution in [0.4, 0.5) is 8.78 Å². The van der Waals surface area contributed by atoms with Crippen LogP contribution in [0.15, 0.2) is 24.0 Å². The van der Waals surface area contributed by atoms with Crippen molar-refractivity contribution in [1.82, 2.24) is 9.55 Å². The maximum absolute atomic E-state index is 13.3. The SMILES string of the molecule is O[C@@H](CC1c2sccc2-c2cncn21)C1CCC(F)(F)CC1. The number of hydrogen-bond acceptors (Lipinski definition) is 3. The molecular formula is C16H18F2N2OS. The van der Waals surface area contributed by atoms with Crippen molar-refractivity contribution in [2.45, 2.75) is 50.2 Å².